The molecule has 136 valence electrons. The van der Waals surface area contributed by atoms with Crippen LogP contribution in [0.3, 0.4) is 0 Å². The van der Waals surface area contributed by atoms with Gasteiger partial charge < -0.3 is 10.6 Å². The van der Waals surface area contributed by atoms with E-state index in [-0.39, 0.29) is 0 Å². The van der Waals surface area contributed by atoms with Gasteiger partial charge in [0.25, 0.3) is 0 Å². The van der Waals surface area contributed by atoms with Gasteiger partial charge in [-0.15, -0.1) is 0 Å². The molecule has 0 spiro atoms. The monoisotopic (exact) mass is 332 g/mol. The highest BCUT2D eigenvalue weighted by Crippen LogP contribution is 2.49. The van der Waals surface area contributed by atoms with E-state index in [1.807, 2.05) is 0 Å². The number of aliphatic imine (C=N–C) groups is 1. The Morgan fingerprint density at radius 2 is 1.75 bits per heavy atom. The second-order valence-electron chi connectivity index (χ2n) is 8.62. The van der Waals surface area contributed by atoms with Gasteiger partial charge in [-0.05, 0) is 69.6 Å². The third-order valence-corrected chi connectivity index (χ3v) is 6.66. The summed E-state index contributed by atoms with van der Waals surface area (Å²) >= 11 is 0. The van der Waals surface area contributed by atoms with Crippen LogP contribution in [0.1, 0.15) is 64.7 Å². The molecule has 4 heteroatoms. The van der Waals surface area contributed by atoms with Crippen LogP contribution in [0.25, 0.3) is 0 Å². The Labute approximate surface area is 147 Å². The summed E-state index contributed by atoms with van der Waals surface area (Å²) < 4.78 is 0. The summed E-state index contributed by atoms with van der Waals surface area (Å²) in [6, 6.07) is 1.45. The van der Waals surface area contributed by atoms with Crippen molar-refractivity contribution in [3.63, 3.8) is 0 Å². The summed E-state index contributed by atoms with van der Waals surface area (Å²) in [6.45, 7) is 6.67. The highest BCUT2D eigenvalue weighted by molar-refractivity contribution is 5.80. The molecule has 1 saturated heterocycles. The molecule has 0 radical (unpaired) electrons. The predicted octanol–water partition coefficient (Wildman–Crippen LogP) is 2.99. The molecule has 1 atom stereocenters. The summed E-state index contributed by atoms with van der Waals surface area (Å²) in [7, 11) is 0. The molecule has 3 saturated carbocycles. The Balaban J connectivity index is 1.29. The summed E-state index contributed by atoms with van der Waals surface area (Å²) in [4.78, 5) is 7.73. The van der Waals surface area contributed by atoms with E-state index in [0.29, 0.717) is 6.04 Å². The van der Waals surface area contributed by atoms with Crippen molar-refractivity contribution >= 4 is 5.96 Å². The molecule has 24 heavy (non-hydrogen) atoms. The van der Waals surface area contributed by atoms with Gasteiger partial charge in [-0.1, -0.05) is 12.8 Å². The normalized spacial score (nSPS) is 29.6. The van der Waals surface area contributed by atoms with Crippen LogP contribution in [0, 0.1) is 17.8 Å². The molecule has 2 N–H and O–H groups in total. The van der Waals surface area contributed by atoms with Gasteiger partial charge in [-0.2, -0.15) is 0 Å². The second kappa shape index (κ2) is 7.63. The fourth-order valence-corrected chi connectivity index (χ4v) is 4.95. The summed E-state index contributed by atoms with van der Waals surface area (Å²) in [5.74, 6) is 3.93. The van der Waals surface area contributed by atoms with E-state index in [4.69, 9.17) is 4.99 Å². The standard InChI is InChI=1S/C20H36N4/c1-2-21-20(22-13-19(15-7-8-15)16-9-10-16)23-17-11-12-24(14-17)18-5-3-4-6-18/h15-19H,2-14H2,1H3,(H2,21,22,23). The Morgan fingerprint density at radius 3 is 2.38 bits per heavy atom. The lowest BCUT2D eigenvalue weighted by molar-refractivity contribution is 0.242. The maximum Gasteiger partial charge on any atom is 0.191 e. The van der Waals surface area contributed by atoms with E-state index in [0.717, 1.165) is 42.8 Å². The number of nitrogens with zero attached hydrogens (tertiary/aromatic N) is 2. The zero-order valence-electron chi connectivity index (χ0n) is 15.5. The van der Waals surface area contributed by atoms with Crippen molar-refractivity contribution in [2.45, 2.75) is 76.8 Å². The van der Waals surface area contributed by atoms with Gasteiger partial charge in [-0.3, -0.25) is 9.89 Å². The van der Waals surface area contributed by atoms with E-state index in [1.165, 1.54) is 70.9 Å². The largest absolute Gasteiger partial charge is 0.357 e. The maximum absolute atomic E-state index is 5.00. The molecule has 4 aliphatic rings. The van der Waals surface area contributed by atoms with Gasteiger partial charge >= 0.3 is 0 Å². The van der Waals surface area contributed by atoms with Crippen molar-refractivity contribution in [2.24, 2.45) is 22.7 Å². The van der Waals surface area contributed by atoms with Crippen molar-refractivity contribution in [3.05, 3.63) is 0 Å². The lowest BCUT2D eigenvalue weighted by Crippen LogP contribution is -2.45. The first-order valence-electron chi connectivity index (χ1n) is 10.6. The SMILES string of the molecule is CCNC(=NCC(C1CC1)C1CC1)NC1CCN(C2CCCC2)C1. The van der Waals surface area contributed by atoms with Crippen LogP contribution >= 0.6 is 0 Å². The molecule has 0 bridgehead atoms. The first-order chi connectivity index (χ1) is 11.8. The third-order valence-electron chi connectivity index (χ3n) is 6.66. The van der Waals surface area contributed by atoms with Crippen molar-refractivity contribution in [1.82, 2.24) is 15.5 Å². The van der Waals surface area contributed by atoms with E-state index >= 15 is 0 Å². The molecular weight excluding hydrogens is 296 g/mol. The van der Waals surface area contributed by atoms with Crippen LogP contribution in [0.15, 0.2) is 4.99 Å². The van der Waals surface area contributed by atoms with Crippen LogP contribution in [-0.4, -0.2) is 49.1 Å². The minimum absolute atomic E-state index is 0.587. The number of guanidine groups is 1. The fourth-order valence-electron chi connectivity index (χ4n) is 4.95. The maximum atomic E-state index is 5.00. The average molecular weight is 333 g/mol. The van der Waals surface area contributed by atoms with Gasteiger partial charge in [0.05, 0.1) is 0 Å². The Kier molecular flexibility index (Phi) is 5.31. The van der Waals surface area contributed by atoms with Gasteiger partial charge in [0.1, 0.15) is 0 Å². The molecule has 1 unspecified atom stereocenters. The summed E-state index contributed by atoms with van der Waals surface area (Å²) in [6.07, 6.45) is 12.8. The zero-order chi connectivity index (χ0) is 16.4. The van der Waals surface area contributed by atoms with Crippen LogP contribution in [-0.2, 0) is 0 Å². The first kappa shape index (κ1) is 16.7. The first-order valence-corrected chi connectivity index (χ1v) is 10.6. The average Bonchev–Trinajstić information content (AvgIpc) is 3.49. The molecule has 1 aliphatic heterocycles. The van der Waals surface area contributed by atoms with E-state index < -0.39 is 0 Å². The molecule has 0 aromatic carbocycles. The van der Waals surface area contributed by atoms with E-state index in [2.05, 4.69) is 22.5 Å². The molecule has 4 nitrogen and oxygen atoms in total. The number of likely N-dealkylation sites (tertiary alicyclic amines) is 1. The summed E-state index contributed by atoms with van der Waals surface area (Å²) in [5, 5.41) is 7.23. The Hall–Kier alpha value is -0.770. The molecule has 0 amide bonds. The molecule has 0 aromatic rings. The molecular formula is C20H36N4. The Bertz CT molecular complexity index is 423. The third kappa shape index (κ3) is 4.25. The van der Waals surface area contributed by atoms with Crippen molar-refractivity contribution in [1.29, 1.82) is 0 Å². The van der Waals surface area contributed by atoms with Crippen molar-refractivity contribution in [3.8, 4) is 0 Å². The minimum atomic E-state index is 0.587. The molecule has 0 aromatic heterocycles. The molecule has 4 fully saturated rings. The lowest BCUT2D eigenvalue weighted by atomic mass is 9.98. The van der Waals surface area contributed by atoms with Crippen LogP contribution < -0.4 is 10.6 Å². The van der Waals surface area contributed by atoms with E-state index in [9.17, 15) is 0 Å². The summed E-state index contributed by atoms with van der Waals surface area (Å²) in [5.41, 5.74) is 0. The van der Waals surface area contributed by atoms with Gasteiger partial charge in [0, 0.05) is 38.3 Å². The highest BCUT2D eigenvalue weighted by atomic mass is 15.3. The highest BCUT2D eigenvalue weighted by Gasteiger charge is 2.41. The number of rotatable bonds is 7. The topological polar surface area (TPSA) is 39.7 Å². The Morgan fingerprint density at radius 1 is 1.04 bits per heavy atom. The van der Waals surface area contributed by atoms with E-state index in [1.54, 1.807) is 0 Å². The number of hydrogen-bond donors (Lipinski definition) is 2. The minimum Gasteiger partial charge on any atom is -0.357 e. The van der Waals surface area contributed by atoms with Crippen LogP contribution in [0.2, 0.25) is 0 Å². The smallest absolute Gasteiger partial charge is 0.191 e. The second-order valence-corrected chi connectivity index (χ2v) is 8.62. The van der Waals surface area contributed by atoms with Crippen molar-refractivity contribution < 1.29 is 0 Å². The van der Waals surface area contributed by atoms with Gasteiger partial charge in [0.15, 0.2) is 5.96 Å². The molecule has 3 aliphatic carbocycles. The fraction of sp³-hybridized carbons (Fsp3) is 0.950. The van der Waals surface area contributed by atoms with Crippen molar-refractivity contribution in [2.75, 3.05) is 26.2 Å². The molecule has 4 rings (SSSR count). The number of hydrogen-bond acceptors (Lipinski definition) is 2. The van der Waals surface area contributed by atoms with Gasteiger partial charge in [-0.25, -0.2) is 0 Å². The van der Waals surface area contributed by atoms with Crippen LogP contribution in [0.5, 0.6) is 0 Å². The van der Waals surface area contributed by atoms with Crippen LogP contribution in [0.4, 0.5) is 0 Å². The zero-order valence-corrected chi connectivity index (χ0v) is 15.5. The quantitative estimate of drug-likeness (QED) is 0.556. The lowest BCUT2D eigenvalue weighted by Gasteiger charge is -2.24. The van der Waals surface area contributed by atoms with Gasteiger partial charge in [0.2, 0.25) is 0 Å². The molecule has 1 heterocycles. The number of nitrogens with one attached hydrogen (secondary N) is 2. The predicted molar refractivity (Wildman–Crippen MR) is 100 cm³/mol.